The zero-order valence-electron chi connectivity index (χ0n) is 10.1. The van der Waals surface area contributed by atoms with Gasteiger partial charge in [-0.1, -0.05) is 29.3 Å². The molecule has 0 spiro atoms. The highest BCUT2D eigenvalue weighted by atomic mass is 16.4. The smallest absolute Gasteiger partial charge is 0.312 e. The topological polar surface area (TPSA) is 57.5 Å². The fourth-order valence-electron chi connectivity index (χ4n) is 1.70. The van der Waals surface area contributed by atoms with Crippen LogP contribution in [0.3, 0.4) is 0 Å². The highest BCUT2D eigenvalue weighted by Gasteiger charge is 2.36. The molecule has 88 valence electrons. The van der Waals surface area contributed by atoms with Crippen LogP contribution in [0.4, 0.5) is 0 Å². The molecule has 1 unspecified atom stereocenters. The van der Waals surface area contributed by atoms with E-state index in [4.69, 9.17) is 5.11 Å². The van der Waals surface area contributed by atoms with Crippen molar-refractivity contribution in [3.63, 3.8) is 0 Å². The first kappa shape index (κ1) is 12.7. The summed E-state index contributed by atoms with van der Waals surface area (Å²) in [4.78, 5) is 11.0. The van der Waals surface area contributed by atoms with Gasteiger partial charge in [0.05, 0.1) is 11.5 Å². The normalized spacial score (nSPS) is 13.6. The average molecular weight is 222 g/mol. The van der Waals surface area contributed by atoms with E-state index in [0.717, 1.165) is 11.1 Å². The number of carbonyl (C=O) groups is 1. The maximum Gasteiger partial charge on any atom is 0.312 e. The van der Waals surface area contributed by atoms with Crippen molar-refractivity contribution in [3.8, 4) is 0 Å². The summed E-state index contributed by atoms with van der Waals surface area (Å²) < 4.78 is 0. The molecule has 16 heavy (non-hydrogen) atoms. The Morgan fingerprint density at radius 3 is 2.00 bits per heavy atom. The van der Waals surface area contributed by atoms with Crippen LogP contribution in [0.15, 0.2) is 18.2 Å². The van der Waals surface area contributed by atoms with E-state index in [9.17, 15) is 9.90 Å². The van der Waals surface area contributed by atoms with E-state index in [1.807, 2.05) is 32.0 Å². The molecule has 0 radical (unpaired) electrons. The Balaban J connectivity index is 3.14. The largest absolute Gasteiger partial charge is 0.481 e. The molecule has 0 fully saturated rings. The summed E-state index contributed by atoms with van der Waals surface area (Å²) in [5.74, 6) is -1.00. The molecule has 1 aromatic carbocycles. The summed E-state index contributed by atoms with van der Waals surface area (Å²) in [6, 6.07) is 5.63. The molecule has 1 atom stereocenters. The summed E-state index contributed by atoms with van der Waals surface area (Å²) in [6.45, 7) is 6.91. The van der Waals surface area contributed by atoms with Crippen LogP contribution in [0, 0.1) is 19.3 Å². The molecule has 0 amide bonds. The second-order valence-electron chi connectivity index (χ2n) is 4.85. The monoisotopic (exact) mass is 222 g/mol. The fraction of sp³-hybridized carbons (Fsp3) is 0.462. The van der Waals surface area contributed by atoms with Gasteiger partial charge in [0.1, 0.15) is 0 Å². The number of hydrogen-bond donors (Lipinski definition) is 2. The molecule has 0 saturated heterocycles. The molecule has 0 heterocycles. The van der Waals surface area contributed by atoms with E-state index in [0.29, 0.717) is 5.56 Å². The van der Waals surface area contributed by atoms with Crippen molar-refractivity contribution in [1.82, 2.24) is 0 Å². The standard InChI is InChI=1S/C13H18O3/c1-8-5-9(2)7-10(6-8)11(14)13(3,4)12(15)16/h5-7,11,14H,1-4H3,(H,15,16). The Bertz CT molecular complexity index is 387. The number of benzene rings is 1. The Morgan fingerprint density at radius 2 is 1.62 bits per heavy atom. The van der Waals surface area contributed by atoms with Gasteiger partial charge in [-0.15, -0.1) is 0 Å². The quantitative estimate of drug-likeness (QED) is 0.825. The highest BCUT2D eigenvalue weighted by molar-refractivity contribution is 5.74. The second-order valence-corrected chi connectivity index (χ2v) is 4.85. The molecule has 0 aliphatic carbocycles. The molecule has 0 aliphatic heterocycles. The number of carboxylic acids is 1. The van der Waals surface area contributed by atoms with E-state index in [1.165, 1.54) is 13.8 Å². The third kappa shape index (κ3) is 2.42. The number of aliphatic carboxylic acids is 1. The highest BCUT2D eigenvalue weighted by Crippen LogP contribution is 2.34. The molecule has 1 aromatic rings. The molecule has 2 N–H and O–H groups in total. The zero-order valence-corrected chi connectivity index (χ0v) is 10.1. The lowest BCUT2D eigenvalue weighted by Crippen LogP contribution is -2.31. The van der Waals surface area contributed by atoms with E-state index >= 15 is 0 Å². The number of rotatable bonds is 3. The van der Waals surface area contributed by atoms with Crippen LogP contribution < -0.4 is 0 Å². The van der Waals surface area contributed by atoms with Crippen molar-refractivity contribution in [2.45, 2.75) is 33.8 Å². The number of aliphatic hydroxyl groups excluding tert-OH is 1. The maximum atomic E-state index is 11.0. The summed E-state index contributed by atoms with van der Waals surface area (Å²) in [7, 11) is 0. The van der Waals surface area contributed by atoms with Crippen LogP contribution in [0.1, 0.15) is 36.6 Å². The number of aryl methyl sites for hydroxylation is 2. The van der Waals surface area contributed by atoms with Crippen molar-refractivity contribution in [2.75, 3.05) is 0 Å². The first-order chi connectivity index (χ1) is 7.25. The van der Waals surface area contributed by atoms with Crippen LogP contribution in [0.5, 0.6) is 0 Å². The summed E-state index contributed by atoms with van der Waals surface area (Å²) in [5.41, 5.74) is 1.52. The molecule has 0 aromatic heterocycles. The van der Waals surface area contributed by atoms with Crippen molar-refractivity contribution in [1.29, 1.82) is 0 Å². The Morgan fingerprint density at radius 1 is 1.19 bits per heavy atom. The SMILES string of the molecule is Cc1cc(C)cc(C(O)C(C)(C)C(=O)O)c1. The van der Waals surface area contributed by atoms with Crippen LogP contribution in [0.2, 0.25) is 0 Å². The van der Waals surface area contributed by atoms with Gasteiger partial charge in [-0.05, 0) is 33.3 Å². The summed E-state index contributed by atoms with van der Waals surface area (Å²) in [6.07, 6.45) is -0.997. The Kier molecular flexibility index (Phi) is 3.38. The maximum absolute atomic E-state index is 11.0. The van der Waals surface area contributed by atoms with Gasteiger partial charge in [0, 0.05) is 0 Å². The molecular weight excluding hydrogens is 204 g/mol. The van der Waals surface area contributed by atoms with E-state index in [2.05, 4.69) is 0 Å². The molecular formula is C13H18O3. The van der Waals surface area contributed by atoms with Crippen LogP contribution in [-0.4, -0.2) is 16.2 Å². The predicted octanol–water partition coefficient (Wildman–Crippen LogP) is 2.45. The first-order valence-electron chi connectivity index (χ1n) is 5.25. The third-order valence-corrected chi connectivity index (χ3v) is 2.79. The lowest BCUT2D eigenvalue weighted by Gasteiger charge is -2.26. The van der Waals surface area contributed by atoms with Gasteiger partial charge in [-0.3, -0.25) is 4.79 Å². The first-order valence-corrected chi connectivity index (χ1v) is 5.25. The number of aliphatic hydroxyl groups is 1. The summed E-state index contributed by atoms with van der Waals surface area (Å²) in [5, 5.41) is 19.1. The fourth-order valence-corrected chi connectivity index (χ4v) is 1.70. The minimum absolute atomic E-state index is 0.657. The van der Waals surface area contributed by atoms with Gasteiger partial charge in [0.2, 0.25) is 0 Å². The average Bonchev–Trinajstić information content (AvgIpc) is 2.14. The van der Waals surface area contributed by atoms with E-state index < -0.39 is 17.5 Å². The van der Waals surface area contributed by atoms with Crippen molar-refractivity contribution < 1.29 is 15.0 Å². The van der Waals surface area contributed by atoms with Gasteiger partial charge in [-0.2, -0.15) is 0 Å². The van der Waals surface area contributed by atoms with Crippen LogP contribution in [-0.2, 0) is 4.79 Å². The minimum atomic E-state index is -1.18. The lowest BCUT2D eigenvalue weighted by molar-refractivity contribution is -0.153. The predicted molar refractivity (Wildman–Crippen MR) is 62.3 cm³/mol. The van der Waals surface area contributed by atoms with E-state index in [1.54, 1.807) is 0 Å². The molecule has 0 aliphatic rings. The van der Waals surface area contributed by atoms with Gasteiger partial charge in [-0.25, -0.2) is 0 Å². The Labute approximate surface area is 95.7 Å². The molecule has 0 bridgehead atoms. The Hall–Kier alpha value is -1.35. The van der Waals surface area contributed by atoms with E-state index in [-0.39, 0.29) is 0 Å². The van der Waals surface area contributed by atoms with Crippen molar-refractivity contribution in [2.24, 2.45) is 5.41 Å². The van der Waals surface area contributed by atoms with Crippen LogP contribution >= 0.6 is 0 Å². The summed E-state index contributed by atoms with van der Waals surface area (Å²) >= 11 is 0. The minimum Gasteiger partial charge on any atom is -0.481 e. The van der Waals surface area contributed by atoms with Gasteiger partial charge >= 0.3 is 5.97 Å². The lowest BCUT2D eigenvalue weighted by atomic mass is 9.82. The number of carboxylic acid groups (broad SMARTS) is 1. The van der Waals surface area contributed by atoms with Gasteiger partial charge < -0.3 is 10.2 Å². The van der Waals surface area contributed by atoms with Gasteiger partial charge in [0.25, 0.3) is 0 Å². The molecule has 1 rings (SSSR count). The third-order valence-electron chi connectivity index (χ3n) is 2.79. The molecule has 3 heteroatoms. The van der Waals surface area contributed by atoms with Crippen molar-refractivity contribution in [3.05, 3.63) is 34.9 Å². The number of hydrogen-bond acceptors (Lipinski definition) is 2. The van der Waals surface area contributed by atoms with Crippen LogP contribution in [0.25, 0.3) is 0 Å². The molecule has 3 nitrogen and oxygen atoms in total. The zero-order chi connectivity index (χ0) is 12.5. The molecule has 0 saturated carbocycles. The van der Waals surface area contributed by atoms with Crippen molar-refractivity contribution >= 4 is 5.97 Å². The van der Waals surface area contributed by atoms with Gasteiger partial charge in [0.15, 0.2) is 0 Å². The second kappa shape index (κ2) is 4.26.